The monoisotopic (exact) mass is 442 g/mol. The van der Waals surface area contributed by atoms with Crippen LogP contribution in [-0.2, 0) is 5.41 Å². The van der Waals surface area contributed by atoms with E-state index in [-0.39, 0.29) is 12.1 Å². The van der Waals surface area contributed by atoms with Crippen LogP contribution in [0.2, 0.25) is 0 Å². The molecule has 2 nitrogen and oxygen atoms in total. The van der Waals surface area contributed by atoms with Gasteiger partial charge in [-0.05, 0) is 96.9 Å². The van der Waals surface area contributed by atoms with Crippen LogP contribution in [0.15, 0.2) is 42.5 Å². The van der Waals surface area contributed by atoms with Crippen molar-refractivity contribution in [2.45, 2.75) is 60.8 Å². The standard InChI is InChI=1S/C31H31BN2/c1-16-12-26-28-27(13-16)34-20(5)18(3)23-14-21(31(6,7)8)15-25(30(23)34)32(28)24-11-9-10-22-17(2)19(4)33(26)29(22)24/h9-15H,1-8H3. The van der Waals surface area contributed by atoms with Crippen LogP contribution >= 0.6 is 0 Å². The highest BCUT2D eigenvalue weighted by atomic mass is 15.0. The molecule has 0 bridgehead atoms. The van der Waals surface area contributed by atoms with Crippen molar-refractivity contribution in [2.24, 2.45) is 0 Å². The first-order valence-corrected chi connectivity index (χ1v) is 12.5. The number of nitrogens with zero attached hydrogens (tertiary/aromatic N) is 2. The molecule has 0 atom stereocenters. The minimum absolute atomic E-state index is 0.0948. The maximum atomic E-state index is 2.56. The molecule has 0 N–H and O–H groups in total. The minimum atomic E-state index is 0.0948. The van der Waals surface area contributed by atoms with Gasteiger partial charge in [-0.3, -0.25) is 0 Å². The molecular formula is C31H31BN2. The summed E-state index contributed by atoms with van der Waals surface area (Å²) in [4.78, 5) is 0. The first-order valence-electron chi connectivity index (χ1n) is 12.5. The largest absolute Gasteiger partial charge is 0.315 e. The fourth-order valence-electron chi connectivity index (χ4n) is 6.76. The van der Waals surface area contributed by atoms with Gasteiger partial charge in [-0.1, -0.05) is 45.0 Å². The van der Waals surface area contributed by atoms with Crippen LogP contribution in [-0.4, -0.2) is 15.8 Å². The molecule has 2 aliphatic rings. The SMILES string of the molecule is Cc1cc2c3c(c1)-n1c(C)c(C)c4cc(C(C)(C)C)cc(c41)B3c1cccc3c(C)c(C)n-2c13. The zero-order chi connectivity index (χ0) is 23.8. The molecule has 0 saturated heterocycles. The smallest absolute Gasteiger partial charge is 0.252 e. The van der Waals surface area contributed by atoms with Gasteiger partial charge in [0.05, 0.1) is 0 Å². The summed E-state index contributed by atoms with van der Waals surface area (Å²) in [5.74, 6) is 0. The summed E-state index contributed by atoms with van der Waals surface area (Å²) in [5, 5.41) is 2.80. The Kier molecular flexibility index (Phi) is 3.61. The molecule has 0 aliphatic carbocycles. The Balaban J connectivity index is 1.76. The van der Waals surface area contributed by atoms with Crippen LogP contribution in [0.4, 0.5) is 0 Å². The van der Waals surface area contributed by atoms with Gasteiger partial charge < -0.3 is 9.13 Å². The minimum Gasteiger partial charge on any atom is -0.315 e. The zero-order valence-electron chi connectivity index (χ0n) is 21.5. The van der Waals surface area contributed by atoms with Gasteiger partial charge in [0.25, 0.3) is 6.71 Å². The number of hydrogen-bond donors (Lipinski definition) is 0. The Hall–Kier alpha value is -3.20. The van der Waals surface area contributed by atoms with Gasteiger partial charge in [0.15, 0.2) is 0 Å². The van der Waals surface area contributed by atoms with Crippen molar-refractivity contribution in [3.63, 3.8) is 0 Å². The molecule has 2 aliphatic heterocycles. The molecule has 0 spiro atoms. The lowest BCUT2D eigenvalue weighted by Crippen LogP contribution is -2.59. The Morgan fingerprint density at radius 1 is 0.676 bits per heavy atom. The molecule has 0 saturated carbocycles. The zero-order valence-corrected chi connectivity index (χ0v) is 21.5. The average molecular weight is 442 g/mol. The van der Waals surface area contributed by atoms with E-state index in [0.717, 1.165) is 0 Å². The van der Waals surface area contributed by atoms with E-state index >= 15 is 0 Å². The first kappa shape index (κ1) is 20.2. The summed E-state index contributed by atoms with van der Waals surface area (Å²) in [6.07, 6.45) is 0. The van der Waals surface area contributed by atoms with E-state index in [2.05, 4.69) is 107 Å². The molecule has 0 amide bonds. The molecular weight excluding hydrogens is 411 g/mol. The number of rotatable bonds is 0. The van der Waals surface area contributed by atoms with E-state index in [4.69, 9.17) is 0 Å². The summed E-state index contributed by atoms with van der Waals surface area (Å²) >= 11 is 0. The highest BCUT2D eigenvalue weighted by Crippen LogP contribution is 2.38. The Bertz CT molecular complexity index is 1740. The summed E-state index contributed by atoms with van der Waals surface area (Å²) in [5.41, 5.74) is 18.2. The molecule has 2 aromatic heterocycles. The highest BCUT2D eigenvalue weighted by Gasteiger charge is 2.41. The third-order valence-electron chi connectivity index (χ3n) is 8.76. The summed E-state index contributed by atoms with van der Waals surface area (Å²) in [6.45, 7) is 18.7. The number of aryl methyl sites for hydroxylation is 3. The van der Waals surface area contributed by atoms with Crippen LogP contribution in [0.3, 0.4) is 0 Å². The predicted octanol–water partition coefficient (Wildman–Crippen LogP) is 5.56. The van der Waals surface area contributed by atoms with Crippen molar-refractivity contribution in [1.82, 2.24) is 9.13 Å². The number of para-hydroxylation sites is 1. The number of hydrogen-bond acceptors (Lipinski definition) is 0. The lowest BCUT2D eigenvalue weighted by Gasteiger charge is -2.35. The van der Waals surface area contributed by atoms with Crippen molar-refractivity contribution < 1.29 is 0 Å². The van der Waals surface area contributed by atoms with Crippen LogP contribution < -0.4 is 16.4 Å². The van der Waals surface area contributed by atoms with Gasteiger partial charge in [0.1, 0.15) is 0 Å². The van der Waals surface area contributed by atoms with E-state index in [1.165, 1.54) is 83.2 Å². The van der Waals surface area contributed by atoms with E-state index in [0.29, 0.717) is 0 Å². The Morgan fingerprint density at radius 2 is 1.26 bits per heavy atom. The molecule has 34 heavy (non-hydrogen) atoms. The second kappa shape index (κ2) is 6.07. The quantitative estimate of drug-likeness (QED) is 0.272. The van der Waals surface area contributed by atoms with Crippen molar-refractivity contribution in [3.05, 3.63) is 76.1 Å². The van der Waals surface area contributed by atoms with Crippen LogP contribution in [0.25, 0.3) is 33.2 Å². The first-order chi connectivity index (χ1) is 16.1. The average Bonchev–Trinajstić information content (AvgIpc) is 3.20. The highest BCUT2D eigenvalue weighted by molar-refractivity contribution is 7.00. The number of fused-ring (bicyclic) bond motifs is 4. The van der Waals surface area contributed by atoms with E-state index in [1.807, 2.05) is 0 Å². The predicted molar refractivity (Wildman–Crippen MR) is 147 cm³/mol. The topological polar surface area (TPSA) is 9.86 Å². The fourth-order valence-corrected chi connectivity index (χ4v) is 6.76. The maximum Gasteiger partial charge on any atom is 0.252 e. The van der Waals surface area contributed by atoms with Gasteiger partial charge in [-0.25, -0.2) is 0 Å². The van der Waals surface area contributed by atoms with E-state index in [1.54, 1.807) is 0 Å². The molecule has 3 aromatic carbocycles. The van der Waals surface area contributed by atoms with Crippen molar-refractivity contribution in [2.75, 3.05) is 0 Å². The van der Waals surface area contributed by atoms with Crippen molar-refractivity contribution in [3.8, 4) is 11.4 Å². The molecule has 3 heteroatoms. The van der Waals surface area contributed by atoms with Crippen LogP contribution in [0.1, 0.15) is 54.4 Å². The van der Waals surface area contributed by atoms with Gasteiger partial charge in [-0.15, -0.1) is 0 Å². The second-order valence-electron chi connectivity index (χ2n) is 11.7. The molecule has 5 aromatic rings. The Morgan fingerprint density at radius 3 is 1.88 bits per heavy atom. The van der Waals surface area contributed by atoms with E-state index < -0.39 is 0 Å². The summed E-state index contributed by atoms with van der Waals surface area (Å²) in [7, 11) is 0. The summed E-state index contributed by atoms with van der Waals surface area (Å²) < 4.78 is 5.11. The Labute approximate surface area is 202 Å². The van der Waals surface area contributed by atoms with E-state index in [9.17, 15) is 0 Å². The van der Waals surface area contributed by atoms with Crippen LogP contribution in [0.5, 0.6) is 0 Å². The van der Waals surface area contributed by atoms with Gasteiger partial charge in [-0.2, -0.15) is 0 Å². The van der Waals surface area contributed by atoms with Gasteiger partial charge >= 0.3 is 0 Å². The van der Waals surface area contributed by atoms with Crippen molar-refractivity contribution >= 4 is 44.9 Å². The third-order valence-corrected chi connectivity index (χ3v) is 8.76. The maximum absolute atomic E-state index is 2.56. The van der Waals surface area contributed by atoms with Crippen molar-refractivity contribution in [1.29, 1.82) is 0 Å². The molecule has 0 unspecified atom stereocenters. The molecule has 0 radical (unpaired) electrons. The van der Waals surface area contributed by atoms with Crippen LogP contribution in [0, 0.1) is 34.6 Å². The molecule has 4 heterocycles. The fraction of sp³-hybridized carbons (Fsp3) is 0.290. The second-order valence-corrected chi connectivity index (χ2v) is 11.7. The molecule has 168 valence electrons. The lowest BCUT2D eigenvalue weighted by atomic mass is 9.34. The molecule has 7 rings (SSSR count). The number of benzene rings is 3. The third kappa shape index (κ3) is 2.19. The normalized spacial score (nSPS) is 13.8. The molecule has 0 fully saturated rings. The number of aromatic nitrogens is 2. The van der Waals surface area contributed by atoms with Gasteiger partial charge in [0.2, 0.25) is 0 Å². The van der Waals surface area contributed by atoms with Gasteiger partial charge in [0, 0.05) is 44.6 Å². The lowest BCUT2D eigenvalue weighted by molar-refractivity contribution is 0.591. The summed E-state index contributed by atoms with van der Waals surface area (Å²) in [6, 6.07) is 16.8.